The summed E-state index contributed by atoms with van der Waals surface area (Å²) >= 11 is 0. The Kier molecular flexibility index (Phi) is 2.33. The second-order valence-corrected chi connectivity index (χ2v) is 3.66. The molecule has 1 rings (SSSR count). The fourth-order valence-corrected chi connectivity index (χ4v) is 1.53. The van der Waals surface area contributed by atoms with Crippen LogP contribution in [0, 0.1) is 5.92 Å². The van der Waals surface area contributed by atoms with Gasteiger partial charge in [0.2, 0.25) is 0 Å². The fraction of sp³-hybridized carbons (Fsp3) is 0.889. The Balaban J connectivity index is 2.59. The maximum Gasteiger partial charge on any atom is 0.138 e. The molecule has 2 nitrogen and oxygen atoms in total. The molecule has 1 N–H and O–H groups in total. The average molecular weight is 156 g/mol. The van der Waals surface area contributed by atoms with Crippen molar-refractivity contribution in [3.8, 4) is 0 Å². The number of hydrogen-bond donors (Lipinski definition) is 1. The van der Waals surface area contributed by atoms with E-state index in [1.54, 1.807) is 0 Å². The maximum atomic E-state index is 11.2. The smallest absolute Gasteiger partial charge is 0.138 e. The van der Waals surface area contributed by atoms with E-state index in [1.807, 2.05) is 13.8 Å². The standard InChI is InChI=1S/C9H16O2/c1-3-9(11)5-4-7(2)8(10)6-9/h7,11H,3-6H2,1-2H3/t7?,9-/m1/s1. The molecule has 0 aromatic carbocycles. The first-order valence-corrected chi connectivity index (χ1v) is 4.32. The third-order valence-corrected chi connectivity index (χ3v) is 2.75. The number of Topliss-reactive ketones (excluding diaryl/α,β-unsaturated/α-hetero) is 1. The van der Waals surface area contributed by atoms with Gasteiger partial charge >= 0.3 is 0 Å². The summed E-state index contributed by atoms with van der Waals surface area (Å²) in [6.07, 6.45) is 2.70. The fourth-order valence-electron chi connectivity index (χ4n) is 1.53. The summed E-state index contributed by atoms with van der Waals surface area (Å²) in [6.45, 7) is 3.88. The monoisotopic (exact) mass is 156 g/mol. The van der Waals surface area contributed by atoms with E-state index in [2.05, 4.69) is 0 Å². The molecular weight excluding hydrogens is 140 g/mol. The Morgan fingerprint density at radius 2 is 2.36 bits per heavy atom. The summed E-state index contributed by atoms with van der Waals surface area (Å²) in [7, 11) is 0. The van der Waals surface area contributed by atoms with E-state index in [1.165, 1.54) is 0 Å². The zero-order chi connectivity index (χ0) is 8.48. The van der Waals surface area contributed by atoms with Crippen LogP contribution in [0.25, 0.3) is 0 Å². The zero-order valence-electron chi connectivity index (χ0n) is 7.26. The molecule has 0 heterocycles. The predicted octanol–water partition coefficient (Wildman–Crippen LogP) is 1.52. The van der Waals surface area contributed by atoms with Crippen LogP contribution in [0.1, 0.15) is 39.5 Å². The lowest BCUT2D eigenvalue weighted by molar-refractivity contribution is -0.132. The Morgan fingerprint density at radius 1 is 1.73 bits per heavy atom. The van der Waals surface area contributed by atoms with E-state index < -0.39 is 5.60 Å². The molecule has 2 heteroatoms. The molecule has 1 aliphatic rings. The molecule has 0 saturated heterocycles. The Labute approximate surface area is 67.6 Å². The first kappa shape index (κ1) is 8.72. The Morgan fingerprint density at radius 3 is 2.82 bits per heavy atom. The SMILES string of the molecule is CC[C@@]1(O)CCC(C)C(=O)C1. The summed E-state index contributed by atoms with van der Waals surface area (Å²) in [6, 6.07) is 0. The minimum atomic E-state index is -0.677. The molecule has 1 unspecified atom stereocenters. The van der Waals surface area contributed by atoms with E-state index >= 15 is 0 Å². The first-order valence-electron chi connectivity index (χ1n) is 4.32. The van der Waals surface area contributed by atoms with Crippen molar-refractivity contribution in [3.05, 3.63) is 0 Å². The molecule has 0 aromatic heterocycles. The highest BCUT2D eigenvalue weighted by atomic mass is 16.3. The summed E-state index contributed by atoms with van der Waals surface area (Å²) in [5, 5.41) is 9.75. The third-order valence-electron chi connectivity index (χ3n) is 2.75. The van der Waals surface area contributed by atoms with Gasteiger partial charge in [-0.3, -0.25) is 4.79 Å². The van der Waals surface area contributed by atoms with Crippen LogP contribution in [0.4, 0.5) is 0 Å². The predicted molar refractivity (Wildman–Crippen MR) is 43.3 cm³/mol. The normalized spacial score (nSPS) is 39.2. The van der Waals surface area contributed by atoms with Crippen molar-refractivity contribution in [2.24, 2.45) is 5.92 Å². The molecular formula is C9H16O2. The lowest BCUT2D eigenvalue weighted by atomic mass is 9.77. The van der Waals surface area contributed by atoms with E-state index in [0.717, 1.165) is 12.8 Å². The second kappa shape index (κ2) is 2.94. The van der Waals surface area contributed by atoms with Gasteiger partial charge in [0.1, 0.15) is 5.78 Å². The van der Waals surface area contributed by atoms with E-state index in [9.17, 15) is 9.90 Å². The largest absolute Gasteiger partial charge is 0.389 e. The van der Waals surface area contributed by atoms with Gasteiger partial charge in [-0.2, -0.15) is 0 Å². The van der Waals surface area contributed by atoms with E-state index in [0.29, 0.717) is 12.8 Å². The summed E-state index contributed by atoms with van der Waals surface area (Å²) in [5.74, 6) is 0.391. The highest BCUT2D eigenvalue weighted by Gasteiger charge is 2.34. The van der Waals surface area contributed by atoms with Crippen LogP contribution < -0.4 is 0 Å². The van der Waals surface area contributed by atoms with Gasteiger partial charge in [0, 0.05) is 12.3 Å². The van der Waals surface area contributed by atoms with Gasteiger partial charge < -0.3 is 5.11 Å². The van der Waals surface area contributed by atoms with Crippen LogP contribution in [0.2, 0.25) is 0 Å². The third kappa shape index (κ3) is 1.80. The van der Waals surface area contributed by atoms with Gasteiger partial charge in [-0.25, -0.2) is 0 Å². The number of hydrogen-bond acceptors (Lipinski definition) is 2. The second-order valence-electron chi connectivity index (χ2n) is 3.66. The molecule has 0 radical (unpaired) electrons. The molecule has 0 aliphatic heterocycles. The quantitative estimate of drug-likeness (QED) is 0.625. The highest BCUT2D eigenvalue weighted by Crippen LogP contribution is 2.31. The summed E-state index contributed by atoms with van der Waals surface area (Å²) < 4.78 is 0. The number of ketones is 1. The van der Waals surface area contributed by atoms with Crippen molar-refractivity contribution in [2.45, 2.75) is 45.1 Å². The molecule has 1 saturated carbocycles. The highest BCUT2D eigenvalue weighted by molar-refractivity contribution is 5.82. The molecule has 0 bridgehead atoms. The van der Waals surface area contributed by atoms with Crippen LogP contribution >= 0.6 is 0 Å². The number of carbonyl (C=O) groups excluding carboxylic acids is 1. The molecule has 11 heavy (non-hydrogen) atoms. The van der Waals surface area contributed by atoms with Crippen molar-refractivity contribution in [2.75, 3.05) is 0 Å². The van der Waals surface area contributed by atoms with E-state index in [4.69, 9.17) is 0 Å². The van der Waals surface area contributed by atoms with Gasteiger partial charge in [0.05, 0.1) is 5.60 Å². The lowest BCUT2D eigenvalue weighted by Gasteiger charge is -2.32. The van der Waals surface area contributed by atoms with Crippen molar-refractivity contribution in [1.29, 1.82) is 0 Å². The van der Waals surface area contributed by atoms with Crippen LogP contribution in [0.15, 0.2) is 0 Å². The molecule has 1 fully saturated rings. The van der Waals surface area contributed by atoms with Crippen LogP contribution in [-0.4, -0.2) is 16.5 Å². The maximum absolute atomic E-state index is 11.2. The van der Waals surface area contributed by atoms with Gasteiger partial charge in [0.25, 0.3) is 0 Å². The number of carbonyl (C=O) groups is 1. The topological polar surface area (TPSA) is 37.3 Å². The first-order chi connectivity index (χ1) is 5.07. The Bertz CT molecular complexity index is 165. The number of aliphatic hydroxyl groups is 1. The Hall–Kier alpha value is -0.370. The van der Waals surface area contributed by atoms with E-state index in [-0.39, 0.29) is 11.7 Å². The molecule has 1 aliphatic carbocycles. The van der Waals surface area contributed by atoms with Gasteiger partial charge in [-0.1, -0.05) is 13.8 Å². The molecule has 0 spiro atoms. The zero-order valence-corrected chi connectivity index (χ0v) is 7.26. The van der Waals surface area contributed by atoms with Crippen molar-refractivity contribution in [1.82, 2.24) is 0 Å². The molecule has 2 atom stereocenters. The van der Waals surface area contributed by atoms with Crippen LogP contribution in [0.3, 0.4) is 0 Å². The minimum Gasteiger partial charge on any atom is -0.389 e. The minimum absolute atomic E-state index is 0.168. The van der Waals surface area contributed by atoms with Gasteiger partial charge in [-0.15, -0.1) is 0 Å². The van der Waals surface area contributed by atoms with Crippen molar-refractivity contribution >= 4 is 5.78 Å². The summed E-state index contributed by atoms with van der Waals surface area (Å²) in [4.78, 5) is 11.2. The van der Waals surface area contributed by atoms with Crippen LogP contribution in [0.5, 0.6) is 0 Å². The van der Waals surface area contributed by atoms with Gasteiger partial charge in [-0.05, 0) is 19.3 Å². The molecule has 0 amide bonds. The lowest BCUT2D eigenvalue weighted by Crippen LogP contribution is -2.38. The van der Waals surface area contributed by atoms with Crippen molar-refractivity contribution < 1.29 is 9.90 Å². The van der Waals surface area contributed by atoms with Gasteiger partial charge in [0.15, 0.2) is 0 Å². The molecule has 0 aromatic rings. The number of rotatable bonds is 1. The molecule has 64 valence electrons. The van der Waals surface area contributed by atoms with Crippen LogP contribution in [-0.2, 0) is 4.79 Å². The van der Waals surface area contributed by atoms with Crippen molar-refractivity contribution in [3.63, 3.8) is 0 Å². The summed E-state index contributed by atoms with van der Waals surface area (Å²) in [5.41, 5.74) is -0.677. The average Bonchev–Trinajstić information content (AvgIpc) is 1.98.